The van der Waals surface area contributed by atoms with Gasteiger partial charge < -0.3 is 5.32 Å². The number of amides is 3. The SMILES string of the molecule is CCN(CC)S(=O)(=O)c1cc(NC(C)=O)c2c3c(cccc13)C(=O)N2C(C)=O. The van der Waals surface area contributed by atoms with Gasteiger partial charge in [0.2, 0.25) is 21.8 Å². The molecule has 28 heavy (non-hydrogen) atoms. The summed E-state index contributed by atoms with van der Waals surface area (Å²) in [5.41, 5.74) is 0.543. The van der Waals surface area contributed by atoms with Crippen LogP contribution in [0, 0.1) is 0 Å². The molecule has 0 saturated carbocycles. The first kappa shape index (κ1) is 20.0. The third-order valence-corrected chi connectivity index (χ3v) is 6.79. The fourth-order valence-corrected chi connectivity index (χ4v) is 5.23. The highest BCUT2D eigenvalue weighted by Gasteiger charge is 2.38. The van der Waals surface area contributed by atoms with Crippen molar-refractivity contribution in [2.45, 2.75) is 32.6 Å². The van der Waals surface area contributed by atoms with Crippen LogP contribution >= 0.6 is 0 Å². The molecule has 0 saturated heterocycles. The average Bonchev–Trinajstić information content (AvgIpc) is 2.92. The van der Waals surface area contributed by atoms with Crippen molar-refractivity contribution in [3.8, 4) is 0 Å². The molecule has 1 N–H and O–H groups in total. The number of rotatable bonds is 5. The predicted octanol–water partition coefficient (Wildman–Crippen LogP) is 2.34. The second-order valence-electron chi connectivity index (χ2n) is 6.43. The van der Waals surface area contributed by atoms with Gasteiger partial charge in [0.25, 0.3) is 5.91 Å². The lowest BCUT2D eigenvalue weighted by Crippen LogP contribution is -2.32. The highest BCUT2D eigenvalue weighted by Crippen LogP contribution is 2.46. The van der Waals surface area contributed by atoms with Gasteiger partial charge in [-0.25, -0.2) is 13.3 Å². The zero-order valence-electron chi connectivity index (χ0n) is 16.1. The van der Waals surface area contributed by atoms with Crippen LogP contribution < -0.4 is 10.2 Å². The predicted molar refractivity (Wildman–Crippen MR) is 106 cm³/mol. The fourth-order valence-electron chi connectivity index (χ4n) is 3.56. The Kier molecular flexibility index (Phi) is 4.99. The summed E-state index contributed by atoms with van der Waals surface area (Å²) in [5.74, 6) is -1.51. The van der Waals surface area contributed by atoms with E-state index in [2.05, 4.69) is 5.32 Å². The van der Waals surface area contributed by atoms with Crippen LogP contribution in [0.5, 0.6) is 0 Å². The molecule has 8 nitrogen and oxygen atoms in total. The first-order valence-electron chi connectivity index (χ1n) is 8.87. The van der Waals surface area contributed by atoms with Crippen LogP contribution in [0.15, 0.2) is 29.2 Å². The Morgan fingerprint density at radius 3 is 2.32 bits per heavy atom. The van der Waals surface area contributed by atoms with Crippen LogP contribution in [0.1, 0.15) is 38.1 Å². The number of carbonyl (C=O) groups is 3. The average molecular weight is 403 g/mol. The van der Waals surface area contributed by atoms with Crippen molar-refractivity contribution < 1.29 is 22.8 Å². The van der Waals surface area contributed by atoms with E-state index in [0.29, 0.717) is 10.8 Å². The summed E-state index contributed by atoms with van der Waals surface area (Å²) in [6.45, 7) is 6.53. The van der Waals surface area contributed by atoms with Gasteiger partial charge in [-0.3, -0.25) is 14.4 Å². The third-order valence-electron chi connectivity index (χ3n) is 4.70. The fraction of sp³-hybridized carbons (Fsp3) is 0.316. The van der Waals surface area contributed by atoms with E-state index in [1.165, 1.54) is 24.2 Å². The molecule has 148 valence electrons. The summed E-state index contributed by atoms with van der Waals surface area (Å²) in [5, 5.41) is 3.26. The van der Waals surface area contributed by atoms with E-state index >= 15 is 0 Å². The Bertz CT molecular complexity index is 1120. The van der Waals surface area contributed by atoms with Gasteiger partial charge in [-0.1, -0.05) is 26.0 Å². The van der Waals surface area contributed by atoms with Gasteiger partial charge in [0.15, 0.2) is 0 Å². The number of nitrogens with zero attached hydrogens (tertiary/aromatic N) is 2. The molecule has 0 bridgehead atoms. The van der Waals surface area contributed by atoms with Crippen molar-refractivity contribution in [3.63, 3.8) is 0 Å². The lowest BCUT2D eigenvalue weighted by molar-refractivity contribution is -0.116. The Morgan fingerprint density at radius 2 is 1.79 bits per heavy atom. The standard InChI is InChI=1S/C19H21N3O5S/c1-5-21(6-2)28(26,27)16-10-15(20-11(3)23)18-17-13(16)8-7-9-14(17)19(25)22(18)12(4)24/h7-10H,5-6H2,1-4H3,(H,20,23). The van der Waals surface area contributed by atoms with Crippen LogP contribution in [0.4, 0.5) is 11.4 Å². The minimum Gasteiger partial charge on any atom is -0.324 e. The van der Waals surface area contributed by atoms with E-state index in [-0.39, 0.29) is 34.9 Å². The van der Waals surface area contributed by atoms with Gasteiger partial charge >= 0.3 is 0 Å². The molecule has 1 aliphatic heterocycles. The minimum atomic E-state index is -3.88. The molecule has 0 unspecified atom stereocenters. The van der Waals surface area contributed by atoms with E-state index in [9.17, 15) is 22.8 Å². The van der Waals surface area contributed by atoms with Crippen LogP contribution in [0.2, 0.25) is 0 Å². The Hall–Kier alpha value is -2.78. The molecule has 2 aromatic rings. The van der Waals surface area contributed by atoms with Gasteiger partial charge in [-0.05, 0) is 12.1 Å². The second-order valence-corrected chi connectivity index (χ2v) is 8.34. The summed E-state index contributed by atoms with van der Waals surface area (Å²) < 4.78 is 27.8. The smallest absolute Gasteiger partial charge is 0.265 e. The topological polar surface area (TPSA) is 104 Å². The molecule has 0 aliphatic carbocycles. The van der Waals surface area contributed by atoms with Gasteiger partial charge in [0, 0.05) is 37.7 Å². The number of anilines is 2. The van der Waals surface area contributed by atoms with E-state index in [1.807, 2.05) is 0 Å². The van der Waals surface area contributed by atoms with E-state index in [1.54, 1.807) is 32.0 Å². The minimum absolute atomic E-state index is 0.0150. The molecule has 2 aromatic carbocycles. The number of hydrogen-bond acceptors (Lipinski definition) is 5. The molecule has 0 fully saturated rings. The van der Waals surface area contributed by atoms with Crippen molar-refractivity contribution in [2.24, 2.45) is 0 Å². The Labute approximate surface area is 163 Å². The molecule has 3 amide bonds. The maximum absolute atomic E-state index is 13.2. The molecule has 1 aliphatic rings. The third kappa shape index (κ3) is 2.87. The maximum atomic E-state index is 13.2. The number of benzene rings is 2. The van der Waals surface area contributed by atoms with Crippen molar-refractivity contribution in [3.05, 3.63) is 29.8 Å². The molecule has 0 spiro atoms. The zero-order valence-corrected chi connectivity index (χ0v) is 16.9. The number of imide groups is 1. The van der Waals surface area contributed by atoms with Gasteiger partial charge in [0.05, 0.1) is 21.8 Å². The Balaban J connectivity index is 2.47. The monoisotopic (exact) mass is 403 g/mol. The van der Waals surface area contributed by atoms with E-state index in [4.69, 9.17) is 0 Å². The number of carbonyl (C=O) groups excluding carboxylic acids is 3. The normalized spacial score (nSPS) is 13.5. The van der Waals surface area contributed by atoms with E-state index < -0.39 is 27.7 Å². The molecule has 0 radical (unpaired) electrons. The zero-order chi connectivity index (χ0) is 20.8. The quantitative estimate of drug-likeness (QED) is 0.825. The van der Waals surface area contributed by atoms with Crippen molar-refractivity contribution in [1.29, 1.82) is 0 Å². The lowest BCUT2D eigenvalue weighted by atomic mass is 10.0. The van der Waals surface area contributed by atoms with Crippen LogP contribution in [-0.2, 0) is 19.6 Å². The maximum Gasteiger partial charge on any atom is 0.265 e. The summed E-state index contributed by atoms with van der Waals surface area (Å²) in [6.07, 6.45) is 0. The van der Waals surface area contributed by atoms with Gasteiger partial charge in [-0.2, -0.15) is 4.31 Å². The summed E-state index contributed by atoms with van der Waals surface area (Å²) in [6, 6.07) is 6.06. The summed E-state index contributed by atoms with van der Waals surface area (Å²) >= 11 is 0. The molecule has 9 heteroatoms. The van der Waals surface area contributed by atoms with Crippen molar-refractivity contribution >= 4 is 49.9 Å². The highest BCUT2D eigenvalue weighted by molar-refractivity contribution is 7.89. The number of sulfonamides is 1. The number of hydrogen-bond donors (Lipinski definition) is 1. The number of nitrogens with one attached hydrogen (secondary N) is 1. The molecular weight excluding hydrogens is 382 g/mol. The van der Waals surface area contributed by atoms with Crippen LogP contribution in [0.3, 0.4) is 0 Å². The summed E-state index contributed by atoms with van der Waals surface area (Å²) in [7, 11) is -3.88. The lowest BCUT2D eigenvalue weighted by Gasteiger charge is -2.22. The van der Waals surface area contributed by atoms with Crippen molar-refractivity contribution in [1.82, 2.24) is 4.31 Å². The van der Waals surface area contributed by atoms with E-state index in [0.717, 1.165) is 4.90 Å². The molecular formula is C19H21N3O5S. The largest absolute Gasteiger partial charge is 0.324 e. The summed E-state index contributed by atoms with van der Waals surface area (Å²) in [4.78, 5) is 37.6. The molecule has 0 atom stereocenters. The molecule has 1 heterocycles. The van der Waals surface area contributed by atoms with Gasteiger partial charge in [-0.15, -0.1) is 0 Å². The molecule has 0 aromatic heterocycles. The van der Waals surface area contributed by atoms with Gasteiger partial charge in [0.1, 0.15) is 0 Å². The molecule has 3 rings (SSSR count). The first-order valence-corrected chi connectivity index (χ1v) is 10.3. The van der Waals surface area contributed by atoms with Crippen LogP contribution in [-0.4, -0.2) is 43.5 Å². The second kappa shape index (κ2) is 6.99. The van der Waals surface area contributed by atoms with Crippen LogP contribution in [0.25, 0.3) is 10.8 Å². The Morgan fingerprint density at radius 1 is 1.14 bits per heavy atom. The van der Waals surface area contributed by atoms with Crippen molar-refractivity contribution in [2.75, 3.05) is 23.3 Å². The first-order chi connectivity index (χ1) is 13.1. The highest BCUT2D eigenvalue weighted by atomic mass is 32.2.